The van der Waals surface area contributed by atoms with Crippen LogP contribution in [0.25, 0.3) is 0 Å². The van der Waals surface area contributed by atoms with E-state index in [2.05, 4.69) is 20.2 Å². The molecule has 1 fully saturated rings. The van der Waals surface area contributed by atoms with Crippen LogP contribution < -0.4 is 10.0 Å². The van der Waals surface area contributed by atoms with Gasteiger partial charge in [-0.2, -0.15) is 5.10 Å². The maximum Gasteiger partial charge on any atom is 0.213 e. The van der Waals surface area contributed by atoms with E-state index in [4.69, 9.17) is 0 Å². The van der Waals surface area contributed by atoms with Crippen LogP contribution in [0.1, 0.15) is 30.5 Å². The number of sulfonamides is 1. The standard InChI is InChI=1S/C12H22N4O2S/c1-10-11(8-14-16-10)4-2-7-15-19(17,18)9-12-5-3-6-13-12/h8,12-13,15H,2-7,9H2,1H3,(H,14,16). The van der Waals surface area contributed by atoms with Gasteiger partial charge in [0.1, 0.15) is 0 Å². The molecule has 0 amide bonds. The van der Waals surface area contributed by atoms with Crippen molar-refractivity contribution in [2.45, 2.75) is 38.6 Å². The fraction of sp³-hybridized carbons (Fsp3) is 0.750. The summed E-state index contributed by atoms with van der Waals surface area (Å²) in [5.74, 6) is 0.192. The Hall–Kier alpha value is -0.920. The first kappa shape index (κ1) is 14.5. The number of hydrogen-bond donors (Lipinski definition) is 3. The SMILES string of the molecule is Cc1[nH]ncc1CCCNS(=O)(=O)CC1CCCN1. The van der Waals surface area contributed by atoms with Gasteiger partial charge in [-0.05, 0) is 44.7 Å². The Kier molecular flexibility index (Phi) is 4.95. The topological polar surface area (TPSA) is 86.9 Å². The second kappa shape index (κ2) is 6.49. The molecule has 1 aliphatic rings. The Balaban J connectivity index is 1.68. The van der Waals surface area contributed by atoms with E-state index in [0.717, 1.165) is 43.5 Å². The van der Waals surface area contributed by atoms with Gasteiger partial charge in [0.05, 0.1) is 11.9 Å². The molecule has 1 aromatic heterocycles. The molecule has 2 rings (SSSR count). The molecule has 0 bridgehead atoms. The predicted molar refractivity (Wildman–Crippen MR) is 74.5 cm³/mol. The maximum absolute atomic E-state index is 11.8. The summed E-state index contributed by atoms with van der Waals surface area (Å²) in [6.45, 7) is 3.39. The van der Waals surface area contributed by atoms with Gasteiger partial charge in [0.2, 0.25) is 10.0 Å². The van der Waals surface area contributed by atoms with E-state index in [-0.39, 0.29) is 11.8 Å². The van der Waals surface area contributed by atoms with Crippen LogP contribution >= 0.6 is 0 Å². The molecular weight excluding hydrogens is 264 g/mol. The zero-order chi connectivity index (χ0) is 13.7. The average molecular weight is 286 g/mol. The Bertz CT molecular complexity index is 492. The molecule has 0 radical (unpaired) electrons. The van der Waals surface area contributed by atoms with E-state index >= 15 is 0 Å². The molecule has 3 N–H and O–H groups in total. The van der Waals surface area contributed by atoms with Crippen LogP contribution in [0, 0.1) is 6.92 Å². The highest BCUT2D eigenvalue weighted by atomic mass is 32.2. The van der Waals surface area contributed by atoms with Crippen molar-refractivity contribution in [1.82, 2.24) is 20.2 Å². The van der Waals surface area contributed by atoms with Gasteiger partial charge < -0.3 is 5.32 Å². The first-order valence-electron chi connectivity index (χ1n) is 6.76. The van der Waals surface area contributed by atoms with Crippen LogP contribution in [0.2, 0.25) is 0 Å². The first-order valence-corrected chi connectivity index (χ1v) is 8.41. The number of hydrogen-bond acceptors (Lipinski definition) is 4. The van der Waals surface area contributed by atoms with Gasteiger partial charge in [-0.15, -0.1) is 0 Å². The molecule has 0 aromatic carbocycles. The van der Waals surface area contributed by atoms with E-state index < -0.39 is 10.0 Å². The van der Waals surface area contributed by atoms with Gasteiger partial charge in [-0.1, -0.05) is 0 Å². The van der Waals surface area contributed by atoms with Gasteiger partial charge in [0.25, 0.3) is 0 Å². The largest absolute Gasteiger partial charge is 0.313 e. The minimum Gasteiger partial charge on any atom is -0.313 e. The molecule has 1 saturated heterocycles. The number of nitrogens with zero attached hydrogens (tertiary/aromatic N) is 1. The molecule has 1 atom stereocenters. The molecule has 0 spiro atoms. The summed E-state index contributed by atoms with van der Waals surface area (Å²) < 4.78 is 26.4. The summed E-state index contributed by atoms with van der Waals surface area (Å²) in [5, 5.41) is 10.0. The summed E-state index contributed by atoms with van der Waals surface area (Å²) >= 11 is 0. The quantitative estimate of drug-likeness (QED) is 0.630. The van der Waals surface area contributed by atoms with Crippen molar-refractivity contribution in [3.8, 4) is 0 Å². The fourth-order valence-electron chi connectivity index (χ4n) is 2.36. The Morgan fingerprint density at radius 2 is 2.37 bits per heavy atom. The molecule has 1 aliphatic heterocycles. The van der Waals surface area contributed by atoms with Crippen LogP contribution in [0.15, 0.2) is 6.20 Å². The second-order valence-electron chi connectivity index (χ2n) is 5.09. The highest BCUT2D eigenvalue weighted by molar-refractivity contribution is 7.89. The summed E-state index contributed by atoms with van der Waals surface area (Å²) in [4.78, 5) is 0. The third-order valence-corrected chi connectivity index (χ3v) is 4.95. The zero-order valence-corrected chi connectivity index (χ0v) is 12.1. The summed E-state index contributed by atoms with van der Waals surface area (Å²) in [6, 6.07) is 0.119. The van der Waals surface area contributed by atoms with E-state index in [1.807, 2.05) is 6.92 Å². The Labute approximate surface area is 114 Å². The number of aromatic amines is 1. The highest BCUT2D eigenvalue weighted by Gasteiger charge is 2.21. The van der Waals surface area contributed by atoms with Crippen molar-refractivity contribution in [2.24, 2.45) is 0 Å². The number of H-pyrrole nitrogens is 1. The summed E-state index contributed by atoms with van der Waals surface area (Å²) in [7, 11) is -3.15. The fourth-order valence-corrected chi connectivity index (χ4v) is 3.74. The van der Waals surface area contributed by atoms with Crippen molar-refractivity contribution < 1.29 is 8.42 Å². The van der Waals surface area contributed by atoms with E-state index in [1.54, 1.807) is 6.20 Å². The predicted octanol–water partition coefficient (Wildman–Crippen LogP) is 0.322. The molecule has 1 aromatic rings. The van der Waals surface area contributed by atoms with E-state index in [9.17, 15) is 8.42 Å². The van der Waals surface area contributed by atoms with Crippen LogP contribution in [0.4, 0.5) is 0 Å². The number of aromatic nitrogens is 2. The molecule has 0 aliphatic carbocycles. The van der Waals surface area contributed by atoms with Gasteiger partial charge in [-0.25, -0.2) is 13.1 Å². The lowest BCUT2D eigenvalue weighted by Crippen LogP contribution is -2.37. The third kappa shape index (κ3) is 4.59. The normalized spacial score (nSPS) is 19.9. The van der Waals surface area contributed by atoms with Crippen molar-refractivity contribution in [3.63, 3.8) is 0 Å². The lowest BCUT2D eigenvalue weighted by Gasteiger charge is -2.11. The zero-order valence-electron chi connectivity index (χ0n) is 11.3. The molecular formula is C12H22N4O2S. The smallest absolute Gasteiger partial charge is 0.213 e. The van der Waals surface area contributed by atoms with Crippen molar-refractivity contribution in [1.29, 1.82) is 0 Å². The van der Waals surface area contributed by atoms with Crippen LogP contribution in [-0.2, 0) is 16.4 Å². The first-order chi connectivity index (χ1) is 9.07. The third-order valence-electron chi connectivity index (χ3n) is 3.46. The maximum atomic E-state index is 11.8. The highest BCUT2D eigenvalue weighted by Crippen LogP contribution is 2.08. The van der Waals surface area contributed by atoms with Crippen LogP contribution in [-0.4, -0.2) is 43.5 Å². The van der Waals surface area contributed by atoms with Crippen molar-refractivity contribution in [2.75, 3.05) is 18.8 Å². The van der Waals surface area contributed by atoms with Crippen molar-refractivity contribution in [3.05, 3.63) is 17.5 Å². The minimum atomic E-state index is -3.15. The average Bonchev–Trinajstić information content (AvgIpc) is 2.96. The van der Waals surface area contributed by atoms with Gasteiger partial charge in [0, 0.05) is 18.3 Å². The van der Waals surface area contributed by atoms with Gasteiger partial charge in [-0.3, -0.25) is 5.10 Å². The monoisotopic (exact) mass is 286 g/mol. The molecule has 6 nitrogen and oxygen atoms in total. The van der Waals surface area contributed by atoms with Crippen LogP contribution in [0.5, 0.6) is 0 Å². The van der Waals surface area contributed by atoms with Crippen LogP contribution in [0.3, 0.4) is 0 Å². The molecule has 7 heteroatoms. The van der Waals surface area contributed by atoms with Crippen molar-refractivity contribution >= 4 is 10.0 Å². The molecule has 2 heterocycles. The van der Waals surface area contributed by atoms with Gasteiger partial charge in [0.15, 0.2) is 0 Å². The number of rotatable bonds is 7. The minimum absolute atomic E-state index is 0.119. The summed E-state index contributed by atoms with van der Waals surface area (Å²) in [6.07, 6.45) is 5.45. The van der Waals surface area contributed by atoms with Gasteiger partial charge >= 0.3 is 0 Å². The molecule has 1 unspecified atom stereocenters. The van der Waals surface area contributed by atoms with E-state index in [0.29, 0.717) is 6.54 Å². The Morgan fingerprint density at radius 1 is 1.53 bits per heavy atom. The molecule has 108 valence electrons. The molecule has 19 heavy (non-hydrogen) atoms. The summed E-state index contributed by atoms with van der Waals surface area (Å²) in [5.41, 5.74) is 2.20. The number of aryl methyl sites for hydroxylation is 2. The number of nitrogens with one attached hydrogen (secondary N) is 3. The lowest BCUT2D eigenvalue weighted by molar-refractivity contribution is 0.561. The molecule has 0 saturated carbocycles. The van der Waals surface area contributed by atoms with E-state index in [1.165, 1.54) is 0 Å². The lowest BCUT2D eigenvalue weighted by atomic mass is 10.1. The Morgan fingerprint density at radius 3 is 3.00 bits per heavy atom. The second-order valence-corrected chi connectivity index (χ2v) is 6.94.